The number of aryl methyl sites for hydroxylation is 2. The zero-order valence-corrected chi connectivity index (χ0v) is 12.7. The van der Waals surface area contributed by atoms with Crippen LogP contribution in [0.4, 0.5) is 22.7 Å². The predicted octanol–water partition coefficient (Wildman–Crippen LogP) is 4.30. The fourth-order valence-corrected chi connectivity index (χ4v) is 2.18. The Labute approximate surface area is 125 Å². The van der Waals surface area contributed by atoms with E-state index in [-0.39, 0.29) is 5.69 Å². The second-order valence-electron chi connectivity index (χ2n) is 4.58. The fraction of sp³-hybridized carbons (Fsp3) is 0.143. The second kappa shape index (κ2) is 5.50. The number of nitro benzene ring substituents is 1. The Bertz CT molecular complexity index is 663. The van der Waals surface area contributed by atoms with Crippen molar-refractivity contribution >= 4 is 38.7 Å². The third-order valence-electron chi connectivity index (χ3n) is 2.96. The lowest BCUT2D eigenvalue weighted by molar-refractivity contribution is -0.384. The van der Waals surface area contributed by atoms with Gasteiger partial charge in [0, 0.05) is 22.3 Å². The van der Waals surface area contributed by atoms with Crippen LogP contribution in [0, 0.1) is 24.0 Å². The maximum atomic E-state index is 10.7. The SMILES string of the molecule is Cc1cc(Nc2ccc([N+](=O)[O-])cc2N)cc(C)c1Br. The summed E-state index contributed by atoms with van der Waals surface area (Å²) in [5, 5.41) is 13.9. The van der Waals surface area contributed by atoms with E-state index in [0.717, 1.165) is 21.3 Å². The zero-order valence-electron chi connectivity index (χ0n) is 11.1. The number of hydrogen-bond donors (Lipinski definition) is 2. The standard InChI is InChI=1S/C14H14BrN3O2/c1-8-5-10(6-9(2)14(8)15)17-13-4-3-11(18(19)20)7-12(13)16/h3-7,17H,16H2,1-2H3. The highest BCUT2D eigenvalue weighted by Crippen LogP contribution is 2.30. The van der Waals surface area contributed by atoms with Gasteiger partial charge in [-0.1, -0.05) is 15.9 Å². The van der Waals surface area contributed by atoms with E-state index in [1.54, 1.807) is 6.07 Å². The van der Waals surface area contributed by atoms with Gasteiger partial charge in [-0.15, -0.1) is 0 Å². The van der Waals surface area contributed by atoms with Crippen LogP contribution < -0.4 is 11.1 Å². The number of nitrogens with one attached hydrogen (secondary N) is 1. The summed E-state index contributed by atoms with van der Waals surface area (Å²) in [7, 11) is 0. The minimum absolute atomic E-state index is 0.0174. The average molecular weight is 336 g/mol. The summed E-state index contributed by atoms with van der Waals surface area (Å²) in [6.45, 7) is 4.00. The Kier molecular flexibility index (Phi) is 3.94. The van der Waals surface area contributed by atoms with Crippen molar-refractivity contribution in [1.82, 2.24) is 0 Å². The molecule has 0 amide bonds. The normalized spacial score (nSPS) is 10.3. The minimum Gasteiger partial charge on any atom is -0.397 e. The molecule has 2 rings (SSSR count). The molecule has 0 aliphatic heterocycles. The maximum absolute atomic E-state index is 10.7. The number of non-ortho nitro benzene ring substituents is 1. The third-order valence-corrected chi connectivity index (χ3v) is 4.21. The van der Waals surface area contributed by atoms with E-state index in [2.05, 4.69) is 21.2 Å². The Morgan fingerprint density at radius 1 is 1.20 bits per heavy atom. The Morgan fingerprint density at radius 2 is 1.80 bits per heavy atom. The minimum atomic E-state index is -0.464. The monoisotopic (exact) mass is 335 g/mol. The van der Waals surface area contributed by atoms with E-state index >= 15 is 0 Å². The van der Waals surface area contributed by atoms with Crippen LogP contribution in [0.25, 0.3) is 0 Å². The summed E-state index contributed by atoms with van der Waals surface area (Å²) >= 11 is 3.51. The van der Waals surface area contributed by atoms with Crippen LogP contribution in [0.3, 0.4) is 0 Å². The summed E-state index contributed by atoms with van der Waals surface area (Å²) in [6, 6.07) is 8.36. The summed E-state index contributed by atoms with van der Waals surface area (Å²) in [6.07, 6.45) is 0. The molecule has 0 fully saturated rings. The molecule has 3 N–H and O–H groups in total. The molecule has 104 valence electrons. The number of rotatable bonds is 3. The molecule has 20 heavy (non-hydrogen) atoms. The molecule has 0 atom stereocenters. The fourth-order valence-electron chi connectivity index (χ4n) is 1.95. The first-order valence-electron chi connectivity index (χ1n) is 5.96. The molecule has 2 aromatic rings. The van der Waals surface area contributed by atoms with Gasteiger partial charge in [-0.3, -0.25) is 10.1 Å². The second-order valence-corrected chi connectivity index (χ2v) is 5.37. The summed E-state index contributed by atoms with van der Waals surface area (Å²) < 4.78 is 1.07. The molecule has 0 bridgehead atoms. The smallest absolute Gasteiger partial charge is 0.271 e. The molecule has 5 nitrogen and oxygen atoms in total. The van der Waals surface area contributed by atoms with Gasteiger partial charge in [0.15, 0.2) is 0 Å². The van der Waals surface area contributed by atoms with E-state index in [1.807, 2.05) is 26.0 Å². The first-order chi connectivity index (χ1) is 9.38. The van der Waals surface area contributed by atoms with Crippen molar-refractivity contribution in [2.24, 2.45) is 0 Å². The van der Waals surface area contributed by atoms with Crippen LogP contribution in [0.15, 0.2) is 34.8 Å². The molecule has 0 heterocycles. The van der Waals surface area contributed by atoms with E-state index < -0.39 is 4.92 Å². The van der Waals surface area contributed by atoms with Crippen molar-refractivity contribution in [1.29, 1.82) is 0 Å². The van der Waals surface area contributed by atoms with Crippen LogP contribution in [-0.2, 0) is 0 Å². The van der Waals surface area contributed by atoms with Crippen molar-refractivity contribution in [2.75, 3.05) is 11.1 Å². The topological polar surface area (TPSA) is 81.2 Å². The lowest BCUT2D eigenvalue weighted by atomic mass is 10.1. The zero-order chi connectivity index (χ0) is 14.9. The van der Waals surface area contributed by atoms with Crippen molar-refractivity contribution in [3.63, 3.8) is 0 Å². The molecule has 0 aliphatic rings. The van der Waals surface area contributed by atoms with Gasteiger partial charge < -0.3 is 11.1 Å². The molecular weight excluding hydrogens is 322 g/mol. The molecule has 6 heteroatoms. The highest BCUT2D eigenvalue weighted by Gasteiger charge is 2.09. The number of halogens is 1. The molecular formula is C14H14BrN3O2. The number of nitrogens with two attached hydrogens (primary N) is 1. The van der Waals surface area contributed by atoms with Crippen LogP contribution in [0.5, 0.6) is 0 Å². The molecule has 0 spiro atoms. The molecule has 0 saturated carbocycles. The Morgan fingerprint density at radius 3 is 2.30 bits per heavy atom. The molecule has 2 aromatic carbocycles. The van der Waals surface area contributed by atoms with Crippen molar-refractivity contribution in [2.45, 2.75) is 13.8 Å². The average Bonchev–Trinajstić information content (AvgIpc) is 2.38. The number of benzene rings is 2. The Balaban J connectivity index is 2.33. The first-order valence-corrected chi connectivity index (χ1v) is 6.75. The van der Waals surface area contributed by atoms with E-state index in [9.17, 15) is 10.1 Å². The molecule has 0 radical (unpaired) electrons. The van der Waals surface area contributed by atoms with Gasteiger partial charge >= 0.3 is 0 Å². The third kappa shape index (κ3) is 2.91. The van der Waals surface area contributed by atoms with Crippen LogP contribution >= 0.6 is 15.9 Å². The van der Waals surface area contributed by atoms with Crippen LogP contribution in [-0.4, -0.2) is 4.92 Å². The number of nitrogen functional groups attached to an aromatic ring is 1. The van der Waals surface area contributed by atoms with Crippen molar-refractivity contribution < 1.29 is 4.92 Å². The molecule has 0 saturated heterocycles. The first kappa shape index (κ1) is 14.3. The lowest BCUT2D eigenvalue weighted by Gasteiger charge is -2.12. The van der Waals surface area contributed by atoms with E-state index in [4.69, 9.17) is 5.73 Å². The Hall–Kier alpha value is -2.08. The lowest BCUT2D eigenvalue weighted by Crippen LogP contribution is -1.99. The van der Waals surface area contributed by atoms with Gasteiger partial charge in [0.1, 0.15) is 0 Å². The quantitative estimate of drug-likeness (QED) is 0.497. The largest absolute Gasteiger partial charge is 0.397 e. The summed E-state index contributed by atoms with van der Waals surface area (Å²) in [4.78, 5) is 10.2. The highest BCUT2D eigenvalue weighted by atomic mass is 79.9. The predicted molar refractivity (Wildman–Crippen MR) is 84.4 cm³/mol. The maximum Gasteiger partial charge on any atom is 0.271 e. The van der Waals surface area contributed by atoms with Gasteiger partial charge in [-0.2, -0.15) is 0 Å². The van der Waals surface area contributed by atoms with Gasteiger partial charge in [-0.05, 0) is 43.2 Å². The van der Waals surface area contributed by atoms with E-state index in [1.165, 1.54) is 12.1 Å². The molecule has 0 aliphatic carbocycles. The van der Waals surface area contributed by atoms with Gasteiger partial charge in [-0.25, -0.2) is 0 Å². The number of hydrogen-bond acceptors (Lipinski definition) is 4. The number of nitrogens with zero attached hydrogens (tertiary/aromatic N) is 1. The molecule has 0 aromatic heterocycles. The van der Waals surface area contributed by atoms with Crippen molar-refractivity contribution in [3.8, 4) is 0 Å². The summed E-state index contributed by atoms with van der Waals surface area (Å²) in [5.41, 5.74) is 9.92. The summed E-state index contributed by atoms with van der Waals surface area (Å²) in [5.74, 6) is 0. The molecule has 0 unspecified atom stereocenters. The van der Waals surface area contributed by atoms with E-state index in [0.29, 0.717) is 11.4 Å². The van der Waals surface area contributed by atoms with Gasteiger partial charge in [0.05, 0.1) is 16.3 Å². The van der Waals surface area contributed by atoms with Crippen LogP contribution in [0.2, 0.25) is 0 Å². The van der Waals surface area contributed by atoms with Gasteiger partial charge in [0.2, 0.25) is 0 Å². The van der Waals surface area contributed by atoms with Gasteiger partial charge in [0.25, 0.3) is 5.69 Å². The number of nitro groups is 1. The number of anilines is 3. The van der Waals surface area contributed by atoms with Crippen LogP contribution in [0.1, 0.15) is 11.1 Å². The van der Waals surface area contributed by atoms with Crippen molar-refractivity contribution in [3.05, 3.63) is 56.0 Å². The highest BCUT2D eigenvalue weighted by molar-refractivity contribution is 9.10.